The molecule has 0 saturated carbocycles. The van der Waals surface area contributed by atoms with Gasteiger partial charge in [0, 0.05) is 13.1 Å². The summed E-state index contributed by atoms with van der Waals surface area (Å²) in [5.41, 5.74) is 0. The van der Waals surface area contributed by atoms with E-state index in [0.29, 0.717) is 4.31 Å². The Labute approximate surface area is 58.2 Å². The number of rotatable bonds is 1. The summed E-state index contributed by atoms with van der Waals surface area (Å²) in [7, 11) is -4.53. The van der Waals surface area contributed by atoms with Gasteiger partial charge in [0.15, 0.2) is 0 Å². The summed E-state index contributed by atoms with van der Waals surface area (Å²) >= 11 is 0. The first-order valence-corrected chi connectivity index (χ1v) is 3.97. The first-order chi connectivity index (χ1) is 4.54. The van der Waals surface area contributed by atoms with E-state index in [9.17, 15) is 12.3 Å². The molecule has 0 atom stereocenters. The normalized spacial score (nSPS) is 21.6. The molecule has 0 aliphatic carbocycles. The molecule has 0 aromatic carbocycles. The molecule has 6 heteroatoms. The molecule has 1 saturated heterocycles. The molecule has 10 heavy (non-hydrogen) atoms. The Kier molecular flexibility index (Phi) is 1.62. The fourth-order valence-corrected chi connectivity index (χ4v) is 1.41. The van der Waals surface area contributed by atoms with Crippen LogP contribution in [0.4, 0.5) is 3.89 Å². The van der Waals surface area contributed by atoms with E-state index in [0.717, 1.165) is 0 Å². The molecule has 0 aromatic rings. The Balaban J connectivity index is 2.50. The minimum absolute atomic E-state index is 0.00463. The molecule has 0 radical (unpaired) electrons. The van der Waals surface area contributed by atoms with Crippen LogP contribution in [0.5, 0.6) is 0 Å². The standard InChI is InChI=1S/C4H5FN2O2S/c5-10(8,9)7-2-4(1-6)3-7/h4H,2-3H2. The number of nitrogens with zero attached hydrogens (tertiary/aromatic N) is 2. The third kappa shape index (κ3) is 1.25. The summed E-state index contributed by atoms with van der Waals surface area (Å²) in [4.78, 5) is 0. The highest BCUT2D eigenvalue weighted by atomic mass is 32.3. The van der Waals surface area contributed by atoms with E-state index in [-0.39, 0.29) is 19.0 Å². The van der Waals surface area contributed by atoms with Gasteiger partial charge in [-0.15, -0.1) is 0 Å². The fourth-order valence-electron chi connectivity index (χ4n) is 0.698. The zero-order valence-corrected chi connectivity index (χ0v) is 5.81. The molecular formula is C4H5FN2O2S. The lowest BCUT2D eigenvalue weighted by Gasteiger charge is -2.30. The first-order valence-electron chi connectivity index (χ1n) is 2.63. The number of hydrogen-bond donors (Lipinski definition) is 0. The molecule has 0 amide bonds. The van der Waals surface area contributed by atoms with Crippen molar-refractivity contribution in [2.24, 2.45) is 5.92 Å². The van der Waals surface area contributed by atoms with Crippen LogP contribution in [-0.4, -0.2) is 25.8 Å². The van der Waals surface area contributed by atoms with Gasteiger partial charge in [0.25, 0.3) is 0 Å². The van der Waals surface area contributed by atoms with E-state index in [1.165, 1.54) is 0 Å². The molecule has 0 aromatic heterocycles. The van der Waals surface area contributed by atoms with Crippen molar-refractivity contribution in [2.75, 3.05) is 13.1 Å². The van der Waals surface area contributed by atoms with Gasteiger partial charge >= 0.3 is 10.4 Å². The van der Waals surface area contributed by atoms with Crippen molar-refractivity contribution in [2.45, 2.75) is 0 Å². The second-order valence-electron chi connectivity index (χ2n) is 2.09. The maximum Gasteiger partial charge on any atom is 0.374 e. The number of halogens is 1. The average molecular weight is 164 g/mol. The van der Waals surface area contributed by atoms with Crippen LogP contribution in [0.3, 0.4) is 0 Å². The molecule has 1 aliphatic rings. The van der Waals surface area contributed by atoms with E-state index in [1.807, 2.05) is 6.07 Å². The van der Waals surface area contributed by atoms with Crippen LogP contribution in [0, 0.1) is 17.2 Å². The van der Waals surface area contributed by atoms with Crippen LogP contribution >= 0.6 is 0 Å². The van der Waals surface area contributed by atoms with Gasteiger partial charge in [-0.1, -0.05) is 3.89 Å². The van der Waals surface area contributed by atoms with E-state index in [2.05, 4.69) is 0 Å². The van der Waals surface area contributed by atoms with Crippen LogP contribution in [0.1, 0.15) is 0 Å². The summed E-state index contributed by atoms with van der Waals surface area (Å²) in [6.45, 7) is -0.00926. The van der Waals surface area contributed by atoms with Crippen molar-refractivity contribution in [3.8, 4) is 6.07 Å². The third-order valence-corrected chi connectivity index (χ3v) is 2.25. The van der Waals surface area contributed by atoms with Gasteiger partial charge in [0.2, 0.25) is 0 Å². The van der Waals surface area contributed by atoms with E-state index in [1.54, 1.807) is 0 Å². The van der Waals surface area contributed by atoms with Crippen LogP contribution in [-0.2, 0) is 10.4 Å². The molecule has 0 bridgehead atoms. The van der Waals surface area contributed by atoms with Gasteiger partial charge in [0.1, 0.15) is 0 Å². The molecule has 4 nitrogen and oxygen atoms in total. The number of hydrogen-bond acceptors (Lipinski definition) is 3. The van der Waals surface area contributed by atoms with E-state index in [4.69, 9.17) is 5.26 Å². The van der Waals surface area contributed by atoms with Crippen LogP contribution in [0.15, 0.2) is 0 Å². The SMILES string of the molecule is N#CC1CN(S(=O)(=O)F)C1. The first kappa shape index (κ1) is 7.44. The second kappa shape index (κ2) is 2.18. The lowest BCUT2D eigenvalue weighted by molar-refractivity contribution is 0.237. The van der Waals surface area contributed by atoms with Gasteiger partial charge in [-0.2, -0.15) is 18.0 Å². The predicted octanol–water partition coefficient (Wildman–Crippen LogP) is -0.344. The van der Waals surface area contributed by atoms with Crippen molar-refractivity contribution in [3.05, 3.63) is 0 Å². The average Bonchev–Trinajstić information content (AvgIpc) is 1.57. The molecule has 1 rings (SSSR count). The second-order valence-corrected chi connectivity index (χ2v) is 3.43. The zero-order chi connectivity index (χ0) is 7.78. The summed E-state index contributed by atoms with van der Waals surface area (Å²) in [5.74, 6) is -0.328. The summed E-state index contributed by atoms with van der Waals surface area (Å²) < 4.78 is 32.6. The maximum atomic E-state index is 11.9. The molecule has 1 aliphatic heterocycles. The van der Waals surface area contributed by atoms with Gasteiger partial charge in [-0.25, -0.2) is 0 Å². The summed E-state index contributed by atoms with van der Waals surface area (Å²) in [6.07, 6.45) is 0. The lowest BCUT2D eigenvalue weighted by Crippen LogP contribution is -2.47. The van der Waals surface area contributed by atoms with E-state index >= 15 is 0 Å². The van der Waals surface area contributed by atoms with Gasteiger partial charge in [-0.05, 0) is 0 Å². The predicted molar refractivity (Wildman–Crippen MR) is 30.7 cm³/mol. The van der Waals surface area contributed by atoms with Crippen LogP contribution in [0.25, 0.3) is 0 Å². The highest BCUT2D eigenvalue weighted by Gasteiger charge is 2.35. The van der Waals surface area contributed by atoms with Crippen molar-refractivity contribution in [1.29, 1.82) is 5.26 Å². The van der Waals surface area contributed by atoms with Crippen molar-refractivity contribution in [3.63, 3.8) is 0 Å². The molecule has 0 N–H and O–H groups in total. The molecule has 0 spiro atoms. The van der Waals surface area contributed by atoms with Crippen molar-refractivity contribution >= 4 is 10.4 Å². The maximum absolute atomic E-state index is 11.9. The largest absolute Gasteiger partial charge is 0.374 e. The minimum Gasteiger partial charge on any atom is -0.198 e. The fraction of sp³-hybridized carbons (Fsp3) is 0.750. The smallest absolute Gasteiger partial charge is 0.198 e. The highest BCUT2D eigenvalue weighted by Crippen LogP contribution is 2.18. The Morgan fingerprint density at radius 1 is 1.60 bits per heavy atom. The van der Waals surface area contributed by atoms with Gasteiger partial charge in [0.05, 0.1) is 12.0 Å². The van der Waals surface area contributed by atoms with Crippen molar-refractivity contribution < 1.29 is 12.3 Å². The topological polar surface area (TPSA) is 61.2 Å². The minimum atomic E-state index is -4.53. The lowest BCUT2D eigenvalue weighted by atomic mass is 10.1. The summed E-state index contributed by atoms with van der Waals surface area (Å²) in [6, 6.07) is 1.83. The Morgan fingerprint density at radius 3 is 2.40 bits per heavy atom. The molecular weight excluding hydrogens is 159 g/mol. The molecule has 1 heterocycles. The van der Waals surface area contributed by atoms with Crippen LogP contribution < -0.4 is 0 Å². The molecule has 56 valence electrons. The van der Waals surface area contributed by atoms with Crippen LogP contribution in [0.2, 0.25) is 0 Å². The monoisotopic (exact) mass is 164 g/mol. The Morgan fingerprint density at radius 2 is 2.10 bits per heavy atom. The van der Waals surface area contributed by atoms with Gasteiger partial charge in [-0.3, -0.25) is 0 Å². The Hall–Kier alpha value is -0.670. The molecule has 1 fully saturated rings. The number of nitriles is 1. The Bertz CT molecular complexity index is 261. The quantitative estimate of drug-likeness (QED) is 0.498. The molecule has 0 unspecified atom stereocenters. The van der Waals surface area contributed by atoms with E-state index < -0.39 is 10.4 Å². The third-order valence-electron chi connectivity index (χ3n) is 1.34. The van der Waals surface area contributed by atoms with Crippen molar-refractivity contribution in [1.82, 2.24) is 4.31 Å². The zero-order valence-electron chi connectivity index (χ0n) is 4.99. The van der Waals surface area contributed by atoms with Gasteiger partial charge < -0.3 is 0 Å². The highest BCUT2D eigenvalue weighted by molar-refractivity contribution is 7.84. The summed E-state index contributed by atoms with van der Waals surface area (Å²) in [5, 5.41) is 8.18.